The van der Waals surface area contributed by atoms with Crippen molar-refractivity contribution in [3.63, 3.8) is 0 Å². The lowest BCUT2D eigenvalue weighted by Crippen LogP contribution is -2.38. The van der Waals surface area contributed by atoms with E-state index >= 15 is 0 Å². The molecule has 0 aliphatic carbocycles. The summed E-state index contributed by atoms with van der Waals surface area (Å²) in [6.07, 6.45) is 0. The second-order valence-electron chi connectivity index (χ2n) is 4.83. The maximum absolute atomic E-state index is 10.6. The average molecular weight is 253 g/mol. The van der Waals surface area contributed by atoms with Crippen LogP contribution in [0.15, 0.2) is 18.2 Å². The van der Waals surface area contributed by atoms with Gasteiger partial charge in [-0.2, -0.15) is 0 Å². The van der Waals surface area contributed by atoms with Crippen LogP contribution in [0.4, 0.5) is 17.1 Å². The monoisotopic (exact) mass is 253 g/mol. The van der Waals surface area contributed by atoms with Crippen LogP contribution in [0.2, 0.25) is 0 Å². The molecule has 0 fully saturated rings. The van der Waals surface area contributed by atoms with Gasteiger partial charge in [-0.25, -0.2) is 0 Å². The van der Waals surface area contributed by atoms with Gasteiger partial charge in [-0.3, -0.25) is 10.1 Å². The zero-order valence-electron chi connectivity index (χ0n) is 10.9. The number of nitro groups is 1. The van der Waals surface area contributed by atoms with E-state index in [0.29, 0.717) is 24.5 Å². The van der Waals surface area contributed by atoms with Crippen molar-refractivity contribution >= 4 is 17.1 Å². The molecule has 0 amide bonds. The molecule has 1 rings (SSSR count). The number of nitro benzene ring substituents is 1. The zero-order chi connectivity index (χ0) is 13.9. The van der Waals surface area contributed by atoms with Gasteiger partial charge < -0.3 is 15.7 Å². The third-order valence-electron chi connectivity index (χ3n) is 2.52. The molecule has 0 atom stereocenters. The maximum atomic E-state index is 10.6. The van der Waals surface area contributed by atoms with Gasteiger partial charge >= 0.3 is 0 Å². The first kappa shape index (κ1) is 14.2. The summed E-state index contributed by atoms with van der Waals surface area (Å²) in [6.45, 7) is 6.42. The van der Waals surface area contributed by atoms with Crippen molar-refractivity contribution in [1.29, 1.82) is 0 Å². The van der Waals surface area contributed by atoms with Gasteiger partial charge in [0.25, 0.3) is 5.69 Å². The quantitative estimate of drug-likeness (QED) is 0.474. The number of nitrogens with zero attached hydrogens (tertiary/aromatic N) is 2. The van der Waals surface area contributed by atoms with E-state index in [1.807, 2.05) is 11.8 Å². The molecule has 0 bridgehead atoms. The Morgan fingerprint density at radius 1 is 1.50 bits per heavy atom. The lowest BCUT2D eigenvalue weighted by Gasteiger charge is -2.30. The van der Waals surface area contributed by atoms with Crippen LogP contribution in [-0.2, 0) is 0 Å². The first-order valence-electron chi connectivity index (χ1n) is 5.76. The van der Waals surface area contributed by atoms with Crippen LogP contribution in [0.5, 0.6) is 0 Å². The third-order valence-corrected chi connectivity index (χ3v) is 2.52. The minimum absolute atomic E-state index is 0.0319. The highest BCUT2D eigenvalue weighted by atomic mass is 16.6. The molecule has 0 aromatic heterocycles. The number of hydrogen-bond acceptors (Lipinski definition) is 5. The molecule has 0 radical (unpaired) electrons. The second kappa shape index (κ2) is 5.22. The zero-order valence-corrected chi connectivity index (χ0v) is 10.9. The average Bonchev–Trinajstić information content (AvgIpc) is 2.24. The van der Waals surface area contributed by atoms with Gasteiger partial charge in [0, 0.05) is 25.2 Å². The van der Waals surface area contributed by atoms with Gasteiger partial charge in [0.1, 0.15) is 0 Å². The molecule has 0 saturated carbocycles. The van der Waals surface area contributed by atoms with Crippen LogP contribution in [0.3, 0.4) is 0 Å². The predicted molar refractivity (Wildman–Crippen MR) is 71.7 cm³/mol. The second-order valence-corrected chi connectivity index (χ2v) is 4.83. The van der Waals surface area contributed by atoms with Gasteiger partial charge in [0.2, 0.25) is 0 Å². The Morgan fingerprint density at radius 3 is 2.50 bits per heavy atom. The number of likely N-dealkylation sites (N-methyl/N-ethyl adjacent to an activating group) is 1. The van der Waals surface area contributed by atoms with Gasteiger partial charge in [0.05, 0.1) is 21.9 Å². The predicted octanol–water partition coefficient (Wildman–Crippen LogP) is 1.77. The first-order valence-corrected chi connectivity index (χ1v) is 5.76. The molecule has 0 aliphatic rings. The van der Waals surface area contributed by atoms with Gasteiger partial charge in [-0.05, 0) is 26.8 Å². The fourth-order valence-electron chi connectivity index (χ4n) is 1.78. The number of aliphatic hydroxyl groups is 1. The number of nitrogen functional groups attached to an aromatic ring is 1. The van der Waals surface area contributed by atoms with Crippen molar-refractivity contribution in [2.45, 2.75) is 26.4 Å². The molecule has 1 aromatic carbocycles. The van der Waals surface area contributed by atoms with Crippen LogP contribution in [0.1, 0.15) is 20.8 Å². The van der Waals surface area contributed by atoms with Crippen LogP contribution in [0, 0.1) is 10.1 Å². The Hall–Kier alpha value is -1.82. The summed E-state index contributed by atoms with van der Waals surface area (Å²) < 4.78 is 0. The molecule has 100 valence electrons. The van der Waals surface area contributed by atoms with Crippen molar-refractivity contribution in [3.05, 3.63) is 28.3 Å². The molecular formula is C12H19N3O3. The van der Waals surface area contributed by atoms with Crippen molar-refractivity contribution in [3.8, 4) is 0 Å². The molecule has 6 heteroatoms. The van der Waals surface area contributed by atoms with Crippen molar-refractivity contribution in [2.24, 2.45) is 0 Å². The Morgan fingerprint density at radius 2 is 2.11 bits per heavy atom. The Labute approximate surface area is 106 Å². The van der Waals surface area contributed by atoms with E-state index in [1.54, 1.807) is 19.9 Å². The lowest BCUT2D eigenvalue weighted by molar-refractivity contribution is -0.384. The van der Waals surface area contributed by atoms with E-state index in [0.717, 1.165) is 0 Å². The number of rotatable bonds is 5. The van der Waals surface area contributed by atoms with Crippen molar-refractivity contribution in [1.82, 2.24) is 0 Å². The number of non-ortho nitro benzene ring substituents is 1. The van der Waals surface area contributed by atoms with E-state index in [2.05, 4.69) is 0 Å². The summed E-state index contributed by atoms with van der Waals surface area (Å²) in [4.78, 5) is 12.0. The normalized spacial score (nSPS) is 11.3. The standard InChI is InChI=1S/C12H19N3O3/c1-4-14(8-12(2,3)16)11-6-5-9(15(17)18)7-10(11)13/h5-7,16H,4,8,13H2,1-3H3. The fraction of sp³-hybridized carbons (Fsp3) is 0.500. The molecule has 3 N–H and O–H groups in total. The van der Waals surface area contributed by atoms with Crippen LogP contribution in [0.25, 0.3) is 0 Å². The smallest absolute Gasteiger partial charge is 0.271 e. The van der Waals surface area contributed by atoms with E-state index in [-0.39, 0.29) is 5.69 Å². The molecule has 1 aromatic rings. The molecular weight excluding hydrogens is 234 g/mol. The maximum Gasteiger partial charge on any atom is 0.271 e. The summed E-state index contributed by atoms with van der Waals surface area (Å²) in [6, 6.07) is 4.36. The summed E-state index contributed by atoms with van der Waals surface area (Å²) in [5.41, 5.74) is 5.98. The highest BCUT2D eigenvalue weighted by molar-refractivity contribution is 5.70. The first-order chi connectivity index (χ1) is 8.24. The van der Waals surface area contributed by atoms with Crippen molar-refractivity contribution in [2.75, 3.05) is 23.7 Å². The molecule has 0 heterocycles. The molecule has 6 nitrogen and oxygen atoms in total. The number of nitrogens with two attached hydrogens (primary N) is 1. The molecule has 0 aliphatic heterocycles. The topological polar surface area (TPSA) is 92.6 Å². The number of anilines is 2. The largest absolute Gasteiger partial charge is 0.397 e. The highest BCUT2D eigenvalue weighted by Crippen LogP contribution is 2.28. The molecule has 0 saturated heterocycles. The molecule has 0 unspecified atom stereocenters. The van der Waals surface area contributed by atoms with Gasteiger partial charge in [-0.15, -0.1) is 0 Å². The summed E-state index contributed by atoms with van der Waals surface area (Å²) in [7, 11) is 0. The number of hydrogen-bond donors (Lipinski definition) is 2. The van der Waals surface area contributed by atoms with Gasteiger partial charge in [0.15, 0.2) is 0 Å². The van der Waals surface area contributed by atoms with Gasteiger partial charge in [-0.1, -0.05) is 0 Å². The van der Waals surface area contributed by atoms with Crippen LogP contribution >= 0.6 is 0 Å². The van der Waals surface area contributed by atoms with Crippen LogP contribution < -0.4 is 10.6 Å². The van der Waals surface area contributed by atoms with Crippen molar-refractivity contribution < 1.29 is 10.0 Å². The minimum atomic E-state index is -0.857. The molecule has 0 spiro atoms. The number of benzene rings is 1. The molecule has 18 heavy (non-hydrogen) atoms. The SMILES string of the molecule is CCN(CC(C)(C)O)c1ccc([N+](=O)[O-])cc1N. The minimum Gasteiger partial charge on any atom is -0.397 e. The Kier molecular flexibility index (Phi) is 4.13. The van der Waals surface area contributed by atoms with E-state index in [9.17, 15) is 15.2 Å². The van der Waals surface area contributed by atoms with Crippen LogP contribution in [-0.4, -0.2) is 28.7 Å². The fourth-order valence-corrected chi connectivity index (χ4v) is 1.78. The van der Waals surface area contributed by atoms with E-state index in [1.165, 1.54) is 12.1 Å². The summed E-state index contributed by atoms with van der Waals surface area (Å²) >= 11 is 0. The third kappa shape index (κ3) is 3.59. The Bertz CT molecular complexity index is 441. The van der Waals surface area contributed by atoms with E-state index < -0.39 is 10.5 Å². The summed E-state index contributed by atoms with van der Waals surface area (Å²) in [5, 5.41) is 20.5. The van der Waals surface area contributed by atoms with E-state index in [4.69, 9.17) is 5.73 Å². The highest BCUT2D eigenvalue weighted by Gasteiger charge is 2.20. The lowest BCUT2D eigenvalue weighted by atomic mass is 10.1. The summed E-state index contributed by atoms with van der Waals surface area (Å²) in [5.74, 6) is 0. The Balaban J connectivity index is 3.04.